The summed E-state index contributed by atoms with van der Waals surface area (Å²) >= 11 is 0. The summed E-state index contributed by atoms with van der Waals surface area (Å²) in [7, 11) is 0. The normalized spacial score (nSPS) is 13.8. The van der Waals surface area contributed by atoms with E-state index in [-0.39, 0.29) is 5.91 Å². The van der Waals surface area contributed by atoms with E-state index >= 15 is 0 Å². The Kier molecular flexibility index (Phi) is 4.11. The fourth-order valence-corrected chi connectivity index (χ4v) is 1.13. The molecule has 1 fully saturated rings. The van der Waals surface area contributed by atoms with Gasteiger partial charge in [0.1, 0.15) is 0 Å². The lowest BCUT2D eigenvalue weighted by Gasteiger charge is -2.15. The molecular weight excluding hydrogens is 162 g/mol. The third kappa shape index (κ3) is 3.80. The minimum absolute atomic E-state index is 0.0348. The number of nitrogens with one attached hydrogen (secondary N) is 1. The fraction of sp³-hybridized carbons (Fsp3) is 0.545. The van der Waals surface area contributed by atoms with Gasteiger partial charge in [0, 0.05) is 19.0 Å². The van der Waals surface area contributed by atoms with Crippen molar-refractivity contribution in [1.29, 1.82) is 0 Å². The molecule has 1 amide bonds. The number of carbonyl (C=O) groups excluding carboxylic acids is 1. The highest BCUT2D eigenvalue weighted by molar-refractivity contribution is 5.88. The van der Waals surface area contributed by atoms with Gasteiger partial charge in [0.25, 0.3) is 0 Å². The average Bonchev–Trinajstić information content (AvgIpc) is 2.06. The number of carbonyl (C=O) groups is 1. The Labute approximate surface area is 79.4 Å². The fourth-order valence-electron chi connectivity index (χ4n) is 1.13. The molecule has 13 heavy (non-hydrogen) atoms. The maximum Gasteiger partial charge on any atom is 0.243 e. The van der Waals surface area contributed by atoms with Gasteiger partial charge in [-0.15, -0.1) is 11.8 Å². The molecule has 0 unspecified atom stereocenters. The third-order valence-corrected chi connectivity index (χ3v) is 2.06. The first-order valence-corrected chi connectivity index (χ1v) is 4.70. The van der Waals surface area contributed by atoms with Crippen LogP contribution in [0, 0.1) is 11.8 Å². The van der Waals surface area contributed by atoms with Gasteiger partial charge in [-0.2, -0.15) is 0 Å². The van der Waals surface area contributed by atoms with Gasteiger partial charge < -0.3 is 5.32 Å². The molecule has 1 rings (SSSR count). The molecule has 0 saturated heterocycles. The predicted octanol–water partition coefficient (Wildman–Crippen LogP) is 1.63. The van der Waals surface area contributed by atoms with Crippen LogP contribution < -0.4 is 5.32 Å². The number of hydrogen-bond acceptors (Lipinski definition) is 1. The van der Waals surface area contributed by atoms with E-state index in [1.807, 2.05) is 0 Å². The Bertz CT molecular complexity index is 262. The molecule has 0 atom stereocenters. The molecule has 0 aromatic carbocycles. The first-order chi connectivity index (χ1) is 6.33. The summed E-state index contributed by atoms with van der Waals surface area (Å²) in [6.45, 7) is 2.46. The standard InChI is InChI=1S/C11H15NO/c1-2-3-4-8-12-11(13)9-10-6-5-7-10/h9H,4-8H2,1H3,(H,12,13). The molecule has 2 nitrogen and oxygen atoms in total. The monoisotopic (exact) mass is 177 g/mol. The second kappa shape index (κ2) is 5.42. The van der Waals surface area contributed by atoms with E-state index in [0.29, 0.717) is 6.54 Å². The van der Waals surface area contributed by atoms with Gasteiger partial charge in [0.2, 0.25) is 5.91 Å². The lowest BCUT2D eigenvalue weighted by molar-refractivity contribution is -0.116. The van der Waals surface area contributed by atoms with Gasteiger partial charge in [0.15, 0.2) is 0 Å². The molecule has 0 aliphatic heterocycles. The summed E-state index contributed by atoms with van der Waals surface area (Å²) in [6.07, 6.45) is 5.90. The highest BCUT2D eigenvalue weighted by Gasteiger charge is 2.09. The van der Waals surface area contributed by atoms with E-state index in [1.165, 1.54) is 12.0 Å². The van der Waals surface area contributed by atoms with Crippen molar-refractivity contribution in [2.75, 3.05) is 6.54 Å². The van der Waals surface area contributed by atoms with Gasteiger partial charge in [-0.1, -0.05) is 5.57 Å². The molecule has 1 saturated carbocycles. The zero-order valence-corrected chi connectivity index (χ0v) is 8.02. The van der Waals surface area contributed by atoms with Crippen molar-refractivity contribution in [2.24, 2.45) is 0 Å². The van der Waals surface area contributed by atoms with Gasteiger partial charge in [0.05, 0.1) is 0 Å². The first kappa shape index (κ1) is 9.85. The molecule has 1 aliphatic rings. The van der Waals surface area contributed by atoms with E-state index < -0.39 is 0 Å². The average molecular weight is 177 g/mol. The van der Waals surface area contributed by atoms with Crippen molar-refractivity contribution in [3.05, 3.63) is 11.6 Å². The Morgan fingerprint density at radius 2 is 2.38 bits per heavy atom. The largest absolute Gasteiger partial charge is 0.352 e. The minimum atomic E-state index is 0.0348. The summed E-state index contributed by atoms with van der Waals surface area (Å²) in [5.74, 6) is 5.72. The maximum absolute atomic E-state index is 11.2. The summed E-state index contributed by atoms with van der Waals surface area (Å²) < 4.78 is 0. The van der Waals surface area contributed by atoms with E-state index in [0.717, 1.165) is 19.3 Å². The Morgan fingerprint density at radius 1 is 1.62 bits per heavy atom. The van der Waals surface area contributed by atoms with E-state index in [4.69, 9.17) is 0 Å². The van der Waals surface area contributed by atoms with Crippen LogP contribution in [-0.2, 0) is 4.79 Å². The molecule has 0 radical (unpaired) electrons. The Balaban J connectivity index is 2.12. The minimum Gasteiger partial charge on any atom is -0.352 e. The smallest absolute Gasteiger partial charge is 0.243 e. The van der Waals surface area contributed by atoms with Crippen molar-refractivity contribution in [3.63, 3.8) is 0 Å². The summed E-state index contributed by atoms with van der Waals surface area (Å²) in [4.78, 5) is 11.2. The molecule has 0 bridgehead atoms. The SMILES string of the molecule is CC#CCCNC(=O)C=C1CCC1. The van der Waals surface area contributed by atoms with Gasteiger partial charge in [-0.3, -0.25) is 4.79 Å². The summed E-state index contributed by atoms with van der Waals surface area (Å²) in [5.41, 5.74) is 1.28. The molecule has 0 heterocycles. The van der Waals surface area contributed by atoms with E-state index in [1.54, 1.807) is 13.0 Å². The first-order valence-electron chi connectivity index (χ1n) is 4.70. The Morgan fingerprint density at radius 3 is 2.92 bits per heavy atom. The molecule has 0 spiro atoms. The van der Waals surface area contributed by atoms with Crippen LogP contribution in [0.25, 0.3) is 0 Å². The lowest BCUT2D eigenvalue weighted by Crippen LogP contribution is -2.22. The van der Waals surface area contributed by atoms with Crippen molar-refractivity contribution >= 4 is 5.91 Å². The van der Waals surface area contributed by atoms with Gasteiger partial charge in [-0.25, -0.2) is 0 Å². The molecule has 2 heteroatoms. The van der Waals surface area contributed by atoms with Crippen LogP contribution in [0.4, 0.5) is 0 Å². The number of amides is 1. The quantitative estimate of drug-likeness (QED) is 0.396. The second-order valence-electron chi connectivity index (χ2n) is 3.12. The predicted molar refractivity (Wildman–Crippen MR) is 53.0 cm³/mol. The second-order valence-corrected chi connectivity index (χ2v) is 3.12. The maximum atomic E-state index is 11.2. The van der Waals surface area contributed by atoms with Crippen LogP contribution in [0.5, 0.6) is 0 Å². The van der Waals surface area contributed by atoms with E-state index in [2.05, 4.69) is 17.2 Å². The van der Waals surface area contributed by atoms with Crippen molar-refractivity contribution in [3.8, 4) is 11.8 Å². The van der Waals surface area contributed by atoms with Gasteiger partial charge in [-0.05, 0) is 26.2 Å². The highest BCUT2D eigenvalue weighted by Crippen LogP contribution is 2.24. The molecule has 0 aromatic rings. The number of hydrogen-bond donors (Lipinski definition) is 1. The van der Waals surface area contributed by atoms with Crippen LogP contribution in [-0.4, -0.2) is 12.5 Å². The molecule has 0 aromatic heterocycles. The van der Waals surface area contributed by atoms with Crippen LogP contribution in [0.1, 0.15) is 32.6 Å². The highest BCUT2D eigenvalue weighted by atomic mass is 16.1. The summed E-state index contributed by atoms with van der Waals surface area (Å²) in [6, 6.07) is 0. The molecule has 1 N–H and O–H groups in total. The van der Waals surface area contributed by atoms with E-state index in [9.17, 15) is 4.79 Å². The molecule has 70 valence electrons. The Hall–Kier alpha value is -1.23. The van der Waals surface area contributed by atoms with Crippen molar-refractivity contribution in [2.45, 2.75) is 32.6 Å². The van der Waals surface area contributed by atoms with Crippen molar-refractivity contribution in [1.82, 2.24) is 5.32 Å². The molecular formula is C11H15NO. The van der Waals surface area contributed by atoms with Crippen LogP contribution in [0.15, 0.2) is 11.6 Å². The summed E-state index contributed by atoms with van der Waals surface area (Å²) in [5, 5.41) is 2.80. The lowest BCUT2D eigenvalue weighted by atomic mass is 9.92. The van der Waals surface area contributed by atoms with Crippen LogP contribution in [0.2, 0.25) is 0 Å². The van der Waals surface area contributed by atoms with Crippen LogP contribution >= 0.6 is 0 Å². The number of rotatable bonds is 3. The zero-order valence-electron chi connectivity index (χ0n) is 8.02. The zero-order chi connectivity index (χ0) is 9.52. The van der Waals surface area contributed by atoms with Crippen LogP contribution in [0.3, 0.4) is 0 Å². The topological polar surface area (TPSA) is 29.1 Å². The van der Waals surface area contributed by atoms with Gasteiger partial charge >= 0.3 is 0 Å². The third-order valence-electron chi connectivity index (χ3n) is 2.06. The molecule has 1 aliphatic carbocycles. The van der Waals surface area contributed by atoms with Crippen molar-refractivity contribution < 1.29 is 4.79 Å². The number of allylic oxidation sites excluding steroid dienone is 1.